The van der Waals surface area contributed by atoms with Crippen molar-refractivity contribution in [1.82, 2.24) is 5.32 Å². The zero-order valence-corrected chi connectivity index (χ0v) is 82.1. The minimum atomic E-state index is -1.82. The maximum Gasteiger partial charge on any atom is 0.414 e. The number of aliphatic imine (C=N–C) groups is 2. The zero-order valence-electron chi connectivity index (χ0n) is 81.3. The van der Waals surface area contributed by atoms with Gasteiger partial charge in [0.15, 0.2) is 0 Å². The number of aliphatic carboxylic acids is 2. The molecule has 2 amide bonds. The standard InChI is InChI=1S/C61H68N4O2.C59H60N4O2.C2H2O4.ClH.H2/c1-5-7-9-11-13-15-25-45-47-27-17-21-31-51(47)58(52-32-22-18-28-48(45)52)63-56-40-43(36-35-42(56)3)39-44-37-38-55(65-61(67)60(66)62-4)57(41-44)64-59-53-33-23-19-29-49(53)46(26-16-14-12-10-8-6-2)50-30-20-24-34-54(50)59;1-3-5-7-9-11-13-23-44-46-25-15-19-29-50(46)58(51-30-20-16-26-47(44)51)62-56-38-42(33-35-54(56)60-40-64)37-43-34-36-55(61-41-65)57(39-43)63-59-52-31-21-17-27-48(52)45(24-14-12-10-8-6-4-2)49-28-18-22-32-53(49)59;3-1(4)2(5)6;;/h17-24,27-38,40-41,63-64H,5-16,25-26,39H2,1-4H3,(H,62,66)(H,65,67);15-22,25-36,38-39,62-63H,3-14,23-24,37H2,1-2H3;(H,3,4)(H,5,6);2*1H. The van der Waals surface area contributed by atoms with Gasteiger partial charge in [-0.1, -0.05) is 381 Å². The normalized spacial score (nSPS) is 11.1. The van der Waals surface area contributed by atoms with Gasteiger partial charge in [-0.2, -0.15) is 9.98 Å². The highest BCUT2D eigenvalue weighted by Crippen LogP contribution is 2.47. The van der Waals surface area contributed by atoms with Gasteiger partial charge in [0, 0.05) is 57.3 Å². The first kappa shape index (κ1) is 102. The zero-order chi connectivity index (χ0) is 96.5. The van der Waals surface area contributed by atoms with Crippen molar-refractivity contribution in [1.29, 1.82) is 0 Å². The Hall–Kier alpha value is -14.3. The van der Waals surface area contributed by atoms with Gasteiger partial charge in [-0.05, 0) is 207 Å². The highest BCUT2D eigenvalue weighted by molar-refractivity contribution is 6.40. The highest BCUT2D eigenvalue weighted by atomic mass is 35.5. The summed E-state index contributed by atoms with van der Waals surface area (Å²) in [7, 11) is 1.47. The van der Waals surface area contributed by atoms with Gasteiger partial charge in [0.1, 0.15) is 0 Å². The van der Waals surface area contributed by atoms with E-state index in [1.54, 1.807) is 12.2 Å². The number of likely N-dealkylation sites (N-methyl/N-ethyl adjacent to an activating group) is 1. The number of nitrogens with zero attached hydrogens (tertiary/aromatic N) is 2. The number of halogens is 1. The third-order valence-corrected chi connectivity index (χ3v) is 26.9. The number of benzene rings is 16. The molecule has 0 radical (unpaired) electrons. The third kappa shape index (κ3) is 26.0. The largest absolute Gasteiger partial charge is 0.473 e. The first-order valence-electron chi connectivity index (χ1n) is 50.0. The quantitative estimate of drug-likeness (QED) is 0.00585. The molecule has 139 heavy (non-hydrogen) atoms. The van der Waals surface area contributed by atoms with Crippen molar-refractivity contribution in [2.75, 3.05) is 33.6 Å². The van der Waals surface area contributed by atoms with Gasteiger partial charge in [-0.3, -0.25) is 9.59 Å². The molecule has 0 heterocycles. The third-order valence-electron chi connectivity index (χ3n) is 26.9. The van der Waals surface area contributed by atoms with E-state index in [9.17, 15) is 19.2 Å². The maximum absolute atomic E-state index is 13.1. The van der Waals surface area contributed by atoms with Crippen LogP contribution in [0.15, 0.2) is 277 Å². The maximum atomic E-state index is 13.1. The molecule has 16 aromatic rings. The van der Waals surface area contributed by atoms with Crippen molar-refractivity contribution in [3.05, 3.63) is 317 Å². The number of hydrogen-bond acceptors (Lipinski definition) is 12. The predicted molar refractivity (Wildman–Crippen MR) is 586 cm³/mol. The smallest absolute Gasteiger partial charge is 0.414 e. The van der Waals surface area contributed by atoms with E-state index in [1.165, 1.54) is 224 Å². The van der Waals surface area contributed by atoms with E-state index in [4.69, 9.17) is 19.8 Å². The number of aryl methyl sites for hydroxylation is 5. The van der Waals surface area contributed by atoms with Crippen LogP contribution in [0.25, 0.3) is 86.2 Å². The average Bonchev–Trinajstić information content (AvgIpc) is 0.763. The van der Waals surface area contributed by atoms with Crippen molar-refractivity contribution >= 4 is 197 Å². The lowest BCUT2D eigenvalue weighted by molar-refractivity contribution is -0.159. The first-order chi connectivity index (χ1) is 67.6. The molecule has 0 aliphatic carbocycles. The molecule has 8 N–H and O–H groups in total. The van der Waals surface area contributed by atoms with Crippen molar-refractivity contribution in [3.8, 4) is 0 Å². The van der Waals surface area contributed by atoms with E-state index in [0.29, 0.717) is 29.9 Å². The summed E-state index contributed by atoms with van der Waals surface area (Å²) in [5.74, 6) is -5.06. The average molecular weight is 1870 g/mol. The van der Waals surface area contributed by atoms with Crippen molar-refractivity contribution in [2.24, 2.45) is 9.98 Å². The van der Waals surface area contributed by atoms with Gasteiger partial charge in [0.25, 0.3) is 0 Å². The number of nitrogens with one attached hydrogen (secondary N) is 6. The summed E-state index contributed by atoms with van der Waals surface area (Å²) in [5, 5.41) is 54.8. The summed E-state index contributed by atoms with van der Waals surface area (Å²) in [5.41, 5.74) is 19.9. The van der Waals surface area contributed by atoms with Crippen LogP contribution in [-0.4, -0.2) is 53.2 Å². The summed E-state index contributed by atoms with van der Waals surface area (Å²) in [4.78, 5) is 75.7. The number of hydrogen-bond donors (Lipinski definition) is 8. The van der Waals surface area contributed by atoms with Gasteiger partial charge in [0.05, 0.1) is 56.9 Å². The minimum absolute atomic E-state index is 0. The number of rotatable bonds is 43. The summed E-state index contributed by atoms with van der Waals surface area (Å²) >= 11 is 0. The Morgan fingerprint density at radius 2 is 0.511 bits per heavy atom. The Morgan fingerprint density at radius 1 is 0.281 bits per heavy atom. The molecular weight excluding hydrogens is 1740 g/mol. The van der Waals surface area contributed by atoms with Crippen LogP contribution >= 0.6 is 12.4 Å². The van der Waals surface area contributed by atoms with E-state index in [1.807, 2.05) is 36.4 Å². The van der Waals surface area contributed by atoms with Crippen LogP contribution in [0.5, 0.6) is 0 Å². The molecule has 0 saturated heterocycles. The van der Waals surface area contributed by atoms with Crippen LogP contribution in [0.2, 0.25) is 0 Å². The molecule has 0 unspecified atom stereocenters. The summed E-state index contributed by atoms with van der Waals surface area (Å²) in [6.07, 6.45) is 39.1. The Morgan fingerprint density at radius 3 is 0.777 bits per heavy atom. The fraction of sp³-hybridized carbons (Fsp3) is 0.295. The van der Waals surface area contributed by atoms with Gasteiger partial charge >= 0.3 is 23.8 Å². The second-order valence-corrected chi connectivity index (χ2v) is 36.5. The van der Waals surface area contributed by atoms with Crippen LogP contribution < -0.4 is 31.9 Å². The number of carbonyl (C=O) groups is 4. The second kappa shape index (κ2) is 51.8. The Kier molecular flexibility index (Phi) is 38.0. The summed E-state index contributed by atoms with van der Waals surface area (Å²) in [6.45, 7) is 11.2. The topological polar surface area (TPSA) is 240 Å². The molecule has 0 aromatic heterocycles. The molecule has 16 nitrogen and oxygen atoms in total. The minimum Gasteiger partial charge on any atom is -0.473 e. The van der Waals surface area contributed by atoms with Crippen molar-refractivity contribution in [2.45, 2.75) is 227 Å². The number of carboxylic acids is 2. The Balaban J connectivity index is 0.000000234. The van der Waals surface area contributed by atoms with Gasteiger partial charge < -0.3 is 42.1 Å². The molecule has 0 aliphatic heterocycles. The van der Waals surface area contributed by atoms with Crippen LogP contribution in [-0.2, 0) is 67.3 Å². The highest BCUT2D eigenvalue weighted by Gasteiger charge is 2.24. The molecule has 16 rings (SSSR count). The van der Waals surface area contributed by atoms with Crippen LogP contribution in [0, 0.1) is 6.92 Å². The van der Waals surface area contributed by atoms with Crippen LogP contribution in [0.1, 0.15) is 233 Å². The molecule has 0 saturated carbocycles. The van der Waals surface area contributed by atoms with E-state index in [-0.39, 0.29) is 13.8 Å². The van der Waals surface area contributed by atoms with Crippen LogP contribution in [0.3, 0.4) is 0 Å². The monoisotopic (exact) mass is 1870 g/mol. The van der Waals surface area contributed by atoms with E-state index >= 15 is 0 Å². The first-order valence-corrected chi connectivity index (χ1v) is 50.0. The molecule has 0 bridgehead atoms. The lowest BCUT2D eigenvalue weighted by Gasteiger charge is -2.21. The van der Waals surface area contributed by atoms with E-state index < -0.39 is 23.8 Å². The number of anilines is 9. The van der Waals surface area contributed by atoms with Gasteiger partial charge in [-0.15, -0.1) is 12.4 Å². The van der Waals surface area contributed by atoms with Crippen molar-refractivity contribution in [3.63, 3.8) is 0 Å². The molecule has 16 aromatic carbocycles. The molecule has 17 heteroatoms. The lowest BCUT2D eigenvalue weighted by atomic mass is 9.91. The molecule has 0 fully saturated rings. The number of fused-ring (bicyclic) bond motifs is 8. The molecular formula is C122H133ClN8O8. The number of isocyanates is 2. The number of amides is 2. The summed E-state index contributed by atoms with van der Waals surface area (Å²) < 4.78 is 0. The summed E-state index contributed by atoms with van der Waals surface area (Å²) in [6, 6.07) is 94.4. The fourth-order valence-electron chi connectivity index (χ4n) is 19.8. The van der Waals surface area contributed by atoms with E-state index in [0.717, 1.165) is 145 Å². The Labute approximate surface area is 825 Å². The molecule has 0 atom stereocenters. The predicted octanol–water partition coefficient (Wildman–Crippen LogP) is 33.1. The van der Waals surface area contributed by atoms with Crippen LogP contribution in [0.4, 0.5) is 62.6 Å². The van der Waals surface area contributed by atoms with Gasteiger partial charge in [0.2, 0.25) is 12.2 Å². The second-order valence-electron chi connectivity index (χ2n) is 36.5. The molecule has 0 aliphatic rings. The lowest BCUT2D eigenvalue weighted by Crippen LogP contribution is -2.32. The number of unbranched alkanes of at least 4 members (excludes halogenated alkanes) is 20. The molecule has 0 spiro atoms. The number of carboxylic acid groups (broad SMARTS) is 2. The Bertz CT molecular complexity index is 6680. The van der Waals surface area contributed by atoms with Gasteiger partial charge in [-0.25, -0.2) is 19.2 Å². The van der Waals surface area contributed by atoms with E-state index in [2.05, 4.69) is 307 Å². The molecule has 716 valence electrons. The number of carbonyl (C=O) groups excluding carboxylic acids is 4. The van der Waals surface area contributed by atoms with Crippen molar-refractivity contribution < 1.29 is 40.4 Å². The fourth-order valence-corrected chi connectivity index (χ4v) is 19.8. The SMILES string of the molecule is CCCCCCCCc1c2ccccc2c(Nc2cc(Cc3ccc(N=C=O)c(Nc4c5ccccc5c(CCCCCCCC)c5ccccc45)c3)ccc2N=C=O)c2ccccc12.CCCCCCCCc1c2ccccc2c(Nc2cc(Cc3ccc(NC(=O)C(=O)NC)c(Nc4c5ccccc5c(CCCCCCCC)c5ccccc45)c3)ccc2C)c2ccccc12.Cl.O=C(O)C(=O)O.[HH].